The summed E-state index contributed by atoms with van der Waals surface area (Å²) in [5, 5.41) is 22.7. The number of aliphatic hydroxyl groups is 2. The molecule has 0 amide bonds. The summed E-state index contributed by atoms with van der Waals surface area (Å²) in [6, 6.07) is 0. The van der Waals surface area contributed by atoms with E-state index < -0.39 is 53.0 Å². The largest absolute Gasteiger partial charge is 0.466 e. The minimum Gasteiger partial charge on any atom is -0.466 e. The predicted octanol–water partition coefficient (Wildman–Crippen LogP) is 1.76. The van der Waals surface area contributed by atoms with Gasteiger partial charge in [0.15, 0.2) is 0 Å². The fraction of sp³-hybridized carbons (Fsp3) is 0.792. The molecule has 3 aliphatic carbocycles. The molecule has 0 radical (unpaired) electrons. The molecule has 2 bridgehead atoms. The van der Waals surface area contributed by atoms with Crippen LogP contribution in [-0.2, 0) is 28.6 Å². The molecule has 1 saturated heterocycles. The van der Waals surface area contributed by atoms with E-state index in [4.69, 9.17) is 14.2 Å². The van der Waals surface area contributed by atoms with Crippen LogP contribution in [0.5, 0.6) is 0 Å². The van der Waals surface area contributed by atoms with E-state index >= 15 is 0 Å². The van der Waals surface area contributed by atoms with Gasteiger partial charge in [-0.05, 0) is 42.6 Å². The van der Waals surface area contributed by atoms with E-state index in [2.05, 4.69) is 20.4 Å². The van der Waals surface area contributed by atoms with Crippen molar-refractivity contribution in [3.63, 3.8) is 0 Å². The SMILES string of the molecule is C=C1[C@H]2C[C@H](O)[C@@H]3[C@](C2)(C(=O)OC[C@]32[C@@H](OC(C)=O)CCC(C)(C)[C@H]2COC(C)=O)[C@@H]1O. The summed E-state index contributed by atoms with van der Waals surface area (Å²) in [4.78, 5) is 37.1. The summed E-state index contributed by atoms with van der Waals surface area (Å²) in [5.41, 5.74) is -2.21. The van der Waals surface area contributed by atoms with Gasteiger partial charge in [0, 0.05) is 25.7 Å². The van der Waals surface area contributed by atoms with Crippen LogP contribution in [0.15, 0.2) is 12.2 Å². The minimum absolute atomic E-state index is 0.0391. The molecular formula is C24H34O8. The zero-order valence-corrected chi connectivity index (χ0v) is 19.3. The van der Waals surface area contributed by atoms with Crippen molar-refractivity contribution < 1.29 is 38.8 Å². The molecule has 2 N–H and O–H groups in total. The lowest BCUT2D eigenvalue weighted by Crippen LogP contribution is -2.72. The van der Waals surface area contributed by atoms with Gasteiger partial charge in [-0.25, -0.2) is 0 Å². The second-order valence-electron chi connectivity index (χ2n) is 10.9. The number of rotatable bonds is 3. The number of ether oxygens (including phenoxy) is 3. The Morgan fingerprint density at radius 3 is 2.53 bits per heavy atom. The van der Waals surface area contributed by atoms with Gasteiger partial charge in [0.2, 0.25) is 0 Å². The van der Waals surface area contributed by atoms with Crippen molar-refractivity contribution in [2.75, 3.05) is 13.2 Å². The van der Waals surface area contributed by atoms with Crippen LogP contribution in [-0.4, -0.2) is 59.6 Å². The molecule has 1 heterocycles. The number of cyclic esters (lactones) is 1. The van der Waals surface area contributed by atoms with E-state index in [9.17, 15) is 24.6 Å². The van der Waals surface area contributed by atoms with Crippen LogP contribution < -0.4 is 0 Å². The zero-order chi connectivity index (χ0) is 23.6. The van der Waals surface area contributed by atoms with Gasteiger partial charge in [0.25, 0.3) is 0 Å². The third kappa shape index (κ3) is 3.05. The average Bonchev–Trinajstić information content (AvgIpc) is 2.88. The first-order chi connectivity index (χ1) is 14.9. The summed E-state index contributed by atoms with van der Waals surface area (Å²) in [7, 11) is 0. The van der Waals surface area contributed by atoms with Gasteiger partial charge < -0.3 is 24.4 Å². The molecule has 2 spiro atoms. The van der Waals surface area contributed by atoms with Crippen molar-refractivity contribution in [1.29, 1.82) is 0 Å². The molecule has 0 aromatic rings. The molecule has 8 heteroatoms. The lowest BCUT2D eigenvalue weighted by atomic mass is 9.43. The highest BCUT2D eigenvalue weighted by Crippen LogP contribution is 2.69. The van der Waals surface area contributed by atoms with E-state index in [1.165, 1.54) is 13.8 Å². The normalized spacial score (nSPS) is 44.6. The summed E-state index contributed by atoms with van der Waals surface area (Å²) in [6.45, 7) is 10.8. The summed E-state index contributed by atoms with van der Waals surface area (Å²) in [5.74, 6) is -2.74. The Kier molecular flexibility index (Phi) is 5.48. The zero-order valence-electron chi connectivity index (χ0n) is 19.3. The molecule has 0 aromatic heterocycles. The molecule has 178 valence electrons. The van der Waals surface area contributed by atoms with Crippen molar-refractivity contribution in [3.8, 4) is 0 Å². The molecule has 8 nitrogen and oxygen atoms in total. The minimum atomic E-state index is -1.36. The molecule has 8 atom stereocenters. The van der Waals surface area contributed by atoms with Gasteiger partial charge in [-0.15, -0.1) is 0 Å². The quantitative estimate of drug-likeness (QED) is 0.379. The maximum atomic E-state index is 13.3. The molecule has 3 saturated carbocycles. The Bertz CT molecular complexity index is 849. The highest BCUT2D eigenvalue weighted by atomic mass is 16.6. The molecule has 32 heavy (non-hydrogen) atoms. The average molecular weight is 451 g/mol. The standard InChI is InChI=1S/C24H34O8/c1-12-15-8-16(27)19-23(9-15,20(12)28)21(29)31-11-24(19)17(10-30-13(2)25)22(4,5)7-6-18(24)32-14(3)26/h15-20,27-28H,1,6-11H2,2-5H3/t15-,16-,17+,18-,19+,20+,23-,24-/m0/s1. The number of esters is 3. The van der Waals surface area contributed by atoms with Crippen LogP contribution in [0.1, 0.15) is 53.4 Å². The number of hydrogen-bond donors (Lipinski definition) is 2. The Morgan fingerprint density at radius 2 is 1.91 bits per heavy atom. The summed E-state index contributed by atoms with van der Waals surface area (Å²) < 4.78 is 17.1. The van der Waals surface area contributed by atoms with Gasteiger partial charge in [-0.1, -0.05) is 20.4 Å². The smallest absolute Gasteiger partial charge is 0.315 e. The maximum absolute atomic E-state index is 13.3. The highest BCUT2D eigenvalue weighted by Gasteiger charge is 2.76. The Hall–Kier alpha value is -1.93. The molecule has 4 fully saturated rings. The third-order valence-corrected chi connectivity index (χ3v) is 8.83. The first-order valence-electron chi connectivity index (χ1n) is 11.4. The first-order valence-corrected chi connectivity index (χ1v) is 11.4. The van der Waals surface area contributed by atoms with Crippen LogP contribution in [0, 0.1) is 34.0 Å². The number of carbonyl (C=O) groups excluding carboxylic acids is 3. The van der Waals surface area contributed by atoms with Crippen LogP contribution in [0.4, 0.5) is 0 Å². The van der Waals surface area contributed by atoms with Crippen molar-refractivity contribution >= 4 is 17.9 Å². The van der Waals surface area contributed by atoms with Crippen molar-refractivity contribution in [2.45, 2.75) is 71.7 Å². The highest BCUT2D eigenvalue weighted by molar-refractivity contribution is 5.81. The van der Waals surface area contributed by atoms with Gasteiger partial charge >= 0.3 is 17.9 Å². The predicted molar refractivity (Wildman–Crippen MR) is 112 cm³/mol. The Balaban J connectivity index is 1.92. The molecule has 0 unspecified atom stereocenters. The summed E-state index contributed by atoms with van der Waals surface area (Å²) >= 11 is 0. The fourth-order valence-electron chi connectivity index (χ4n) is 7.54. The van der Waals surface area contributed by atoms with Crippen LogP contribution in [0.25, 0.3) is 0 Å². The van der Waals surface area contributed by atoms with E-state index in [0.29, 0.717) is 31.3 Å². The van der Waals surface area contributed by atoms with E-state index in [1.54, 1.807) is 0 Å². The lowest BCUT2D eigenvalue weighted by Gasteiger charge is -2.64. The van der Waals surface area contributed by atoms with Crippen molar-refractivity contribution in [1.82, 2.24) is 0 Å². The third-order valence-electron chi connectivity index (χ3n) is 8.83. The Labute approximate surface area is 188 Å². The maximum Gasteiger partial charge on any atom is 0.315 e. The van der Waals surface area contributed by atoms with Gasteiger partial charge in [0.05, 0.1) is 24.2 Å². The number of aliphatic hydroxyl groups excluding tert-OH is 2. The van der Waals surface area contributed by atoms with Crippen LogP contribution in [0.3, 0.4) is 0 Å². The molecule has 1 aliphatic heterocycles. The number of fused-ring (bicyclic) bond motifs is 2. The Morgan fingerprint density at radius 1 is 1.22 bits per heavy atom. The van der Waals surface area contributed by atoms with E-state index in [-0.39, 0.29) is 30.5 Å². The number of hydrogen-bond acceptors (Lipinski definition) is 8. The van der Waals surface area contributed by atoms with Crippen molar-refractivity contribution in [2.24, 2.45) is 34.0 Å². The van der Waals surface area contributed by atoms with Gasteiger partial charge in [-0.2, -0.15) is 0 Å². The van der Waals surface area contributed by atoms with Crippen molar-refractivity contribution in [3.05, 3.63) is 12.2 Å². The lowest BCUT2D eigenvalue weighted by molar-refractivity contribution is -0.275. The second kappa shape index (κ2) is 7.55. The van der Waals surface area contributed by atoms with Crippen LogP contribution >= 0.6 is 0 Å². The van der Waals surface area contributed by atoms with E-state index in [1.807, 2.05) is 0 Å². The first kappa shape index (κ1) is 23.2. The fourth-order valence-corrected chi connectivity index (χ4v) is 7.54. The molecular weight excluding hydrogens is 416 g/mol. The van der Waals surface area contributed by atoms with Gasteiger partial charge in [-0.3, -0.25) is 14.4 Å². The molecule has 0 aromatic carbocycles. The monoisotopic (exact) mass is 450 g/mol. The van der Waals surface area contributed by atoms with Crippen LogP contribution in [0.2, 0.25) is 0 Å². The number of carbonyl (C=O) groups is 3. The van der Waals surface area contributed by atoms with Gasteiger partial charge in [0.1, 0.15) is 18.1 Å². The summed E-state index contributed by atoms with van der Waals surface area (Å²) in [6.07, 6.45) is -0.830. The second-order valence-corrected chi connectivity index (χ2v) is 10.9. The molecule has 4 aliphatic rings. The molecule has 4 rings (SSSR count). The van der Waals surface area contributed by atoms with E-state index in [0.717, 1.165) is 0 Å². The topological polar surface area (TPSA) is 119 Å².